The van der Waals surface area contributed by atoms with Crippen molar-refractivity contribution in [2.75, 3.05) is 47.5 Å². The first-order valence-electron chi connectivity index (χ1n) is 27.6. The molecule has 0 rings (SSSR count). The lowest BCUT2D eigenvalue weighted by Crippen LogP contribution is -2.37. The Bertz CT molecular complexity index is 1150. The highest BCUT2D eigenvalue weighted by Crippen LogP contribution is 2.43. The molecule has 2 unspecified atom stereocenters. The van der Waals surface area contributed by atoms with Crippen LogP contribution in [0.15, 0.2) is 24.3 Å². The van der Waals surface area contributed by atoms with Gasteiger partial charge in [-0.25, -0.2) is 4.57 Å². The van der Waals surface area contributed by atoms with Crippen molar-refractivity contribution >= 4 is 19.8 Å². The van der Waals surface area contributed by atoms with Crippen LogP contribution in [0, 0.1) is 0 Å². The van der Waals surface area contributed by atoms with Gasteiger partial charge in [0.15, 0.2) is 6.10 Å². The molecular weight excluding hydrogens is 834 g/mol. The maximum absolute atomic E-state index is 12.7. The van der Waals surface area contributed by atoms with Gasteiger partial charge in [-0.15, -0.1) is 0 Å². The summed E-state index contributed by atoms with van der Waals surface area (Å²) in [4.78, 5) is 35.4. The highest BCUT2D eigenvalue weighted by molar-refractivity contribution is 7.47. The Morgan fingerprint density at radius 3 is 1.22 bits per heavy atom. The number of carbonyl (C=O) groups is 2. The largest absolute Gasteiger partial charge is 0.472 e. The van der Waals surface area contributed by atoms with Crippen LogP contribution in [0.4, 0.5) is 0 Å². The number of hydrogen-bond acceptors (Lipinski definition) is 7. The molecule has 0 heterocycles. The Morgan fingerprint density at radius 1 is 0.477 bits per heavy atom. The number of rotatable bonds is 51. The second-order valence-electron chi connectivity index (χ2n) is 20.0. The van der Waals surface area contributed by atoms with Gasteiger partial charge in [0, 0.05) is 12.8 Å². The van der Waals surface area contributed by atoms with Gasteiger partial charge in [0.25, 0.3) is 0 Å². The zero-order chi connectivity index (χ0) is 47.8. The SMILES string of the molecule is CCCCCCC/C=C\C/C=C\CCCCCCCCCCCCCCCCCCCCCCCC(=O)OC(COC(=O)CCCCCCCCCC)COP(=O)(O)OCC[N+](C)(C)C. The molecule has 0 radical (unpaired) electrons. The van der Waals surface area contributed by atoms with Crippen LogP contribution in [0.3, 0.4) is 0 Å². The minimum absolute atomic E-state index is 0.0350. The lowest BCUT2D eigenvalue weighted by molar-refractivity contribution is -0.870. The molecule has 0 aliphatic rings. The Balaban J connectivity index is 3.89. The molecule has 10 heteroatoms. The molecule has 2 atom stereocenters. The van der Waals surface area contributed by atoms with E-state index in [1.807, 2.05) is 21.1 Å². The highest BCUT2D eigenvalue weighted by atomic mass is 31.2. The van der Waals surface area contributed by atoms with Crippen molar-refractivity contribution in [3.05, 3.63) is 24.3 Å². The van der Waals surface area contributed by atoms with Crippen LogP contribution in [0.5, 0.6) is 0 Å². The average Bonchev–Trinajstić information content (AvgIpc) is 3.26. The third-order valence-electron chi connectivity index (χ3n) is 12.2. The first-order valence-corrected chi connectivity index (χ1v) is 29.1. The minimum Gasteiger partial charge on any atom is -0.462 e. The quantitative estimate of drug-likeness (QED) is 0.0211. The van der Waals surface area contributed by atoms with E-state index in [1.54, 1.807) is 0 Å². The predicted octanol–water partition coefficient (Wildman–Crippen LogP) is 16.6. The molecule has 1 N–H and O–H groups in total. The molecule has 0 aromatic carbocycles. The maximum Gasteiger partial charge on any atom is 0.472 e. The van der Waals surface area contributed by atoms with Crippen molar-refractivity contribution in [1.29, 1.82) is 0 Å². The van der Waals surface area contributed by atoms with Crippen LogP contribution < -0.4 is 0 Å². The van der Waals surface area contributed by atoms with Crippen LogP contribution in [-0.4, -0.2) is 74.9 Å². The van der Waals surface area contributed by atoms with Gasteiger partial charge in [0.2, 0.25) is 0 Å². The Kier molecular flexibility index (Phi) is 46.4. The van der Waals surface area contributed by atoms with Crippen molar-refractivity contribution in [1.82, 2.24) is 0 Å². The van der Waals surface area contributed by atoms with Gasteiger partial charge >= 0.3 is 19.8 Å². The molecule has 0 saturated heterocycles. The Hall–Kier alpha value is -1.51. The van der Waals surface area contributed by atoms with Gasteiger partial charge in [0.1, 0.15) is 19.8 Å². The predicted molar refractivity (Wildman–Crippen MR) is 275 cm³/mol. The summed E-state index contributed by atoms with van der Waals surface area (Å²) in [5.41, 5.74) is 0. The summed E-state index contributed by atoms with van der Waals surface area (Å²) in [7, 11) is 1.49. The number of hydrogen-bond donors (Lipinski definition) is 1. The third kappa shape index (κ3) is 51.7. The molecule has 0 aliphatic carbocycles. The summed E-state index contributed by atoms with van der Waals surface area (Å²) in [5.74, 6) is -0.790. The van der Waals surface area contributed by atoms with Crippen LogP contribution >= 0.6 is 7.82 Å². The second kappa shape index (κ2) is 47.6. The van der Waals surface area contributed by atoms with Crippen molar-refractivity contribution in [3.63, 3.8) is 0 Å². The number of esters is 2. The first-order chi connectivity index (χ1) is 31.5. The van der Waals surface area contributed by atoms with E-state index in [9.17, 15) is 19.0 Å². The number of ether oxygens (including phenoxy) is 2. The number of allylic oxidation sites excluding steroid dienone is 4. The molecule has 0 fully saturated rings. The van der Waals surface area contributed by atoms with Crippen molar-refractivity contribution in [2.24, 2.45) is 0 Å². The van der Waals surface area contributed by atoms with Crippen molar-refractivity contribution in [3.8, 4) is 0 Å². The number of quaternary nitrogens is 1. The van der Waals surface area contributed by atoms with Crippen molar-refractivity contribution in [2.45, 2.75) is 270 Å². The van der Waals surface area contributed by atoms with Crippen LogP contribution in [0.25, 0.3) is 0 Å². The molecule has 0 aromatic rings. The standard InChI is InChI=1S/C55H106NO8P/c1-6-8-10-12-14-16-17-18-19-20-21-22-23-24-25-26-27-28-29-30-31-32-33-34-35-36-37-38-39-40-42-44-46-48-55(58)64-53(52-63-65(59,60)62-50-49-56(3,4)5)51-61-54(57)47-45-43-41-15-13-11-9-7-2/h17-18,20-21,53H,6-16,19,22-52H2,1-5H3/p+1/b18-17-,21-20-. The molecule has 0 saturated carbocycles. The lowest BCUT2D eigenvalue weighted by Gasteiger charge is -2.24. The van der Waals surface area contributed by atoms with E-state index in [-0.39, 0.29) is 25.6 Å². The van der Waals surface area contributed by atoms with Gasteiger partial charge < -0.3 is 18.9 Å². The number of likely N-dealkylation sites (N-methyl/N-ethyl adjacent to an activating group) is 1. The number of phosphoric acid groups is 1. The lowest BCUT2D eigenvalue weighted by atomic mass is 10.0. The van der Waals surface area contributed by atoms with E-state index in [1.165, 1.54) is 193 Å². The molecule has 0 aliphatic heterocycles. The van der Waals surface area contributed by atoms with E-state index in [0.29, 0.717) is 23.9 Å². The Labute approximate surface area is 402 Å². The molecule has 9 nitrogen and oxygen atoms in total. The summed E-state index contributed by atoms with van der Waals surface area (Å²) < 4.78 is 34.3. The normalized spacial score (nSPS) is 13.5. The second-order valence-corrected chi connectivity index (χ2v) is 21.4. The zero-order valence-electron chi connectivity index (χ0n) is 43.5. The minimum atomic E-state index is -4.37. The van der Waals surface area contributed by atoms with E-state index in [4.69, 9.17) is 18.5 Å². The van der Waals surface area contributed by atoms with Gasteiger partial charge in [0.05, 0.1) is 27.7 Å². The number of phosphoric ester groups is 1. The van der Waals surface area contributed by atoms with E-state index in [2.05, 4.69) is 38.2 Å². The fraction of sp³-hybridized carbons (Fsp3) is 0.891. The fourth-order valence-electron chi connectivity index (χ4n) is 7.93. The molecule has 384 valence electrons. The number of unbranched alkanes of at least 4 members (excludes halogenated alkanes) is 33. The van der Waals surface area contributed by atoms with Crippen molar-refractivity contribution < 1.29 is 42.1 Å². The smallest absolute Gasteiger partial charge is 0.462 e. The van der Waals surface area contributed by atoms with Gasteiger partial charge in [-0.2, -0.15) is 0 Å². The topological polar surface area (TPSA) is 108 Å². The highest BCUT2D eigenvalue weighted by Gasteiger charge is 2.27. The summed E-state index contributed by atoms with van der Waals surface area (Å²) in [6.07, 6.45) is 55.7. The van der Waals surface area contributed by atoms with Gasteiger partial charge in [-0.1, -0.05) is 231 Å². The zero-order valence-corrected chi connectivity index (χ0v) is 44.4. The van der Waals surface area contributed by atoms with Crippen LogP contribution in [0.1, 0.15) is 264 Å². The molecular formula is C55H107NO8P+. The van der Waals surface area contributed by atoms with Crippen LogP contribution in [0.2, 0.25) is 0 Å². The maximum atomic E-state index is 12.7. The molecule has 65 heavy (non-hydrogen) atoms. The summed E-state index contributed by atoms with van der Waals surface area (Å²) in [6, 6.07) is 0. The number of nitrogens with zero attached hydrogens (tertiary/aromatic N) is 1. The van der Waals surface area contributed by atoms with Gasteiger partial charge in [-0.05, 0) is 44.9 Å². The van der Waals surface area contributed by atoms with E-state index in [0.717, 1.165) is 38.5 Å². The Morgan fingerprint density at radius 2 is 0.831 bits per heavy atom. The van der Waals surface area contributed by atoms with E-state index >= 15 is 0 Å². The average molecular weight is 941 g/mol. The molecule has 0 aromatic heterocycles. The molecule has 0 bridgehead atoms. The molecule has 0 spiro atoms. The number of carbonyl (C=O) groups excluding carboxylic acids is 2. The first kappa shape index (κ1) is 63.5. The fourth-order valence-corrected chi connectivity index (χ4v) is 8.67. The summed E-state index contributed by atoms with van der Waals surface area (Å²) in [5, 5.41) is 0. The third-order valence-corrected chi connectivity index (χ3v) is 13.2. The summed E-state index contributed by atoms with van der Waals surface area (Å²) >= 11 is 0. The van der Waals surface area contributed by atoms with Gasteiger partial charge in [-0.3, -0.25) is 18.6 Å². The summed E-state index contributed by atoms with van der Waals surface area (Å²) in [6.45, 7) is 4.41. The van der Waals surface area contributed by atoms with E-state index < -0.39 is 26.5 Å². The molecule has 0 amide bonds. The monoisotopic (exact) mass is 941 g/mol. The van der Waals surface area contributed by atoms with Crippen LogP contribution in [-0.2, 0) is 32.7 Å².